The Bertz CT molecular complexity index is 545. The van der Waals surface area contributed by atoms with Crippen LogP contribution in [0, 0.1) is 0 Å². The molecule has 21 heavy (non-hydrogen) atoms. The van der Waals surface area contributed by atoms with E-state index < -0.39 is 0 Å². The van der Waals surface area contributed by atoms with Gasteiger partial charge in [-0.05, 0) is 17.7 Å². The summed E-state index contributed by atoms with van der Waals surface area (Å²) >= 11 is 0. The quantitative estimate of drug-likeness (QED) is 0.735. The largest absolute Gasteiger partial charge is 0.336 e. The third-order valence-electron chi connectivity index (χ3n) is 3.96. The lowest BCUT2D eigenvalue weighted by Gasteiger charge is -2.36. The SMILES string of the molecule is NCc1ccc(NC(=O)N2CCN3C(=O)NCC3C2)cc1. The molecule has 4 N–H and O–H groups in total. The zero-order chi connectivity index (χ0) is 14.8. The van der Waals surface area contributed by atoms with Crippen molar-refractivity contribution < 1.29 is 9.59 Å². The maximum atomic E-state index is 12.3. The number of hydrogen-bond acceptors (Lipinski definition) is 3. The molecule has 2 heterocycles. The van der Waals surface area contributed by atoms with Crippen LogP contribution < -0.4 is 16.4 Å². The van der Waals surface area contributed by atoms with Crippen LogP contribution in [0.4, 0.5) is 15.3 Å². The number of rotatable bonds is 2. The van der Waals surface area contributed by atoms with Crippen LogP contribution in [-0.2, 0) is 6.54 Å². The standard InChI is InChI=1S/C14H19N5O2/c15-7-10-1-3-11(4-2-10)17-14(21)18-5-6-19-12(9-18)8-16-13(19)20/h1-4,12H,5-9,15H2,(H,16,20)(H,17,21). The average Bonchev–Trinajstić information content (AvgIpc) is 2.89. The van der Waals surface area contributed by atoms with Gasteiger partial charge in [-0.15, -0.1) is 0 Å². The van der Waals surface area contributed by atoms with E-state index in [0.29, 0.717) is 32.7 Å². The number of carbonyl (C=O) groups is 2. The molecule has 0 spiro atoms. The van der Waals surface area contributed by atoms with Gasteiger partial charge in [0.15, 0.2) is 0 Å². The minimum absolute atomic E-state index is 0.0302. The Hall–Kier alpha value is -2.28. The normalized spacial score (nSPS) is 21.0. The Kier molecular flexibility index (Phi) is 3.66. The highest BCUT2D eigenvalue weighted by atomic mass is 16.2. The van der Waals surface area contributed by atoms with Crippen molar-refractivity contribution >= 4 is 17.7 Å². The van der Waals surface area contributed by atoms with Gasteiger partial charge in [0, 0.05) is 38.4 Å². The lowest BCUT2D eigenvalue weighted by Crippen LogP contribution is -2.54. The highest BCUT2D eigenvalue weighted by molar-refractivity contribution is 5.89. The molecule has 1 aromatic rings. The molecule has 0 aromatic heterocycles. The summed E-state index contributed by atoms with van der Waals surface area (Å²) < 4.78 is 0. The number of nitrogens with one attached hydrogen (secondary N) is 2. The van der Waals surface area contributed by atoms with E-state index in [9.17, 15) is 9.59 Å². The number of urea groups is 2. The summed E-state index contributed by atoms with van der Waals surface area (Å²) in [5.41, 5.74) is 7.32. The first-order chi connectivity index (χ1) is 10.2. The Morgan fingerprint density at radius 3 is 2.81 bits per heavy atom. The highest BCUT2D eigenvalue weighted by Gasteiger charge is 2.36. The van der Waals surface area contributed by atoms with Crippen molar-refractivity contribution in [2.45, 2.75) is 12.6 Å². The van der Waals surface area contributed by atoms with Crippen LogP contribution in [0.2, 0.25) is 0 Å². The fourth-order valence-electron chi connectivity index (χ4n) is 2.72. The molecule has 2 aliphatic rings. The van der Waals surface area contributed by atoms with E-state index in [0.717, 1.165) is 11.3 Å². The number of amides is 4. The van der Waals surface area contributed by atoms with Gasteiger partial charge in [0.2, 0.25) is 0 Å². The highest BCUT2D eigenvalue weighted by Crippen LogP contribution is 2.16. The number of hydrogen-bond donors (Lipinski definition) is 3. The molecule has 1 aromatic carbocycles. The molecule has 0 bridgehead atoms. The van der Waals surface area contributed by atoms with Gasteiger partial charge in [-0.25, -0.2) is 9.59 Å². The number of nitrogens with zero attached hydrogens (tertiary/aromatic N) is 2. The van der Waals surface area contributed by atoms with Crippen LogP contribution in [0.1, 0.15) is 5.56 Å². The minimum atomic E-state index is -0.130. The Balaban J connectivity index is 1.59. The summed E-state index contributed by atoms with van der Waals surface area (Å²) in [4.78, 5) is 27.3. The average molecular weight is 289 g/mol. The molecule has 0 radical (unpaired) electrons. The number of nitrogens with two attached hydrogens (primary N) is 1. The molecule has 0 aliphatic carbocycles. The van der Waals surface area contributed by atoms with Crippen LogP contribution in [0.25, 0.3) is 0 Å². The van der Waals surface area contributed by atoms with Gasteiger partial charge in [-0.2, -0.15) is 0 Å². The molecule has 2 saturated heterocycles. The smallest absolute Gasteiger partial charge is 0.321 e. The van der Waals surface area contributed by atoms with Crippen LogP contribution in [-0.4, -0.2) is 54.1 Å². The second kappa shape index (κ2) is 5.61. The number of benzene rings is 1. The van der Waals surface area contributed by atoms with Crippen LogP contribution in [0.5, 0.6) is 0 Å². The lowest BCUT2D eigenvalue weighted by molar-refractivity contribution is 0.136. The monoisotopic (exact) mass is 289 g/mol. The van der Waals surface area contributed by atoms with Gasteiger partial charge in [0.1, 0.15) is 0 Å². The summed E-state index contributed by atoms with van der Waals surface area (Å²) in [6, 6.07) is 7.40. The fraction of sp³-hybridized carbons (Fsp3) is 0.429. The van der Waals surface area contributed by atoms with E-state index >= 15 is 0 Å². The third kappa shape index (κ3) is 2.78. The van der Waals surface area contributed by atoms with E-state index in [-0.39, 0.29) is 18.1 Å². The second-order valence-corrected chi connectivity index (χ2v) is 5.31. The number of fused-ring (bicyclic) bond motifs is 1. The Morgan fingerprint density at radius 2 is 2.10 bits per heavy atom. The first-order valence-corrected chi connectivity index (χ1v) is 7.07. The lowest BCUT2D eigenvalue weighted by atomic mass is 10.2. The Labute approximate surface area is 123 Å². The number of piperazine rings is 1. The zero-order valence-corrected chi connectivity index (χ0v) is 11.7. The van der Waals surface area contributed by atoms with E-state index in [1.165, 1.54) is 0 Å². The molecule has 3 rings (SSSR count). The predicted molar refractivity (Wildman–Crippen MR) is 78.8 cm³/mol. The van der Waals surface area contributed by atoms with Gasteiger partial charge in [-0.3, -0.25) is 0 Å². The molecule has 1 unspecified atom stereocenters. The summed E-state index contributed by atoms with van der Waals surface area (Å²) in [6.45, 7) is 2.78. The summed E-state index contributed by atoms with van der Waals surface area (Å²) in [7, 11) is 0. The van der Waals surface area contributed by atoms with E-state index in [2.05, 4.69) is 10.6 Å². The van der Waals surface area contributed by atoms with Gasteiger partial charge in [0.25, 0.3) is 0 Å². The molecule has 1 atom stereocenters. The third-order valence-corrected chi connectivity index (χ3v) is 3.96. The molecular weight excluding hydrogens is 270 g/mol. The first kappa shape index (κ1) is 13.7. The fourth-order valence-corrected chi connectivity index (χ4v) is 2.72. The summed E-state index contributed by atoms with van der Waals surface area (Å²) in [5.74, 6) is 0. The molecule has 2 aliphatic heterocycles. The number of carbonyl (C=O) groups excluding carboxylic acids is 2. The van der Waals surface area contributed by atoms with Crippen LogP contribution in [0.15, 0.2) is 24.3 Å². The summed E-state index contributed by atoms with van der Waals surface area (Å²) in [5, 5.41) is 5.68. The minimum Gasteiger partial charge on any atom is -0.336 e. The van der Waals surface area contributed by atoms with E-state index in [1.54, 1.807) is 9.80 Å². The molecule has 2 fully saturated rings. The molecule has 7 heteroatoms. The van der Waals surface area contributed by atoms with Crippen molar-refractivity contribution in [1.29, 1.82) is 0 Å². The van der Waals surface area contributed by atoms with Crippen molar-refractivity contribution in [3.8, 4) is 0 Å². The van der Waals surface area contributed by atoms with Gasteiger partial charge in [-0.1, -0.05) is 12.1 Å². The molecule has 112 valence electrons. The molecule has 7 nitrogen and oxygen atoms in total. The first-order valence-electron chi connectivity index (χ1n) is 7.07. The van der Waals surface area contributed by atoms with Crippen LogP contribution >= 0.6 is 0 Å². The summed E-state index contributed by atoms with van der Waals surface area (Å²) in [6.07, 6.45) is 0. The topological polar surface area (TPSA) is 90.7 Å². The van der Waals surface area contributed by atoms with Crippen molar-refractivity contribution in [3.05, 3.63) is 29.8 Å². The maximum absolute atomic E-state index is 12.3. The Morgan fingerprint density at radius 1 is 1.33 bits per heavy atom. The van der Waals surface area contributed by atoms with E-state index in [1.807, 2.05) is 24.3 Å². The van der Waals surface area contributed by atoms with E-state index in [4.69, 9.17) is 5.73 Å². The van der Waals surface area contributed by atoms with Crippen molar-refractivity contribution in [2.24, 2.45) is 5.73 Å². The van der Waals surface area contributed by atoms with Gasteiger partial charge < -0.3 is 26.2 Å². The molecule has 0 saturated carbocycles. The zero-order valence-electron chi connectivity index (χ0n) is 11.7. The van der Waals surface area contributed by atoms with Crippen LogP contribution in [0.3, 0.4) is 0 Å². The van der Waals surface area contributed by atoms with Gasteiger partial charge >= 0.3 is 12.1 Å². The van der Waals surface area contributed by atoms with Crippen molar-refractivity contribution in [1.82, 2.24) is 15.1 Å². The van der Waals surface area contributed by atoms with Crippen molar-refractivity contribution in [2.75, 3.05) is 31.5 Å². The number of anilines is 1. The molecule has 4 amide bonds. The van der Waals surface area contributed by atoms with Crippen molar-refractivity contribution in [3.63, 3.8) is 0 Å². The molecular formula is C14H19N5O2. The van der Waals surface area contributed by atoms with Gasteiger partial charge in [0.05, 0.1) is 6.04 Å². The second-order valence-electron chi connectivity index (χ2n) is 5.31. The maximum Gasteiger partial charge on any atom is 0.321 e. The predicted octanol–water partition coefficient (Wildman–Crippen LogP) is 0.387.